The highest BCUT2D eigenvalue weighted by atomic mass is 79.9. The van der Waals surface area contributed by atoms with E-state index in [0.717, 1.165) is 37.4 Å². The second-order valence-corrected chi connectivity index (χ2v) is 10.9. The van der Waals surface area contributed by atoms with Crippen LogP contribution in [0.2, 0.25) is 0 Å². The van der Waals surface area contributed by atoms with Gasteiger partial charge in [0.1, 0.15) is 0 Å². The van der Waals surface area contributed by atoms with Crippen molar-refractivity contribution in [3.8, 4) is 0 Å². The molecule has 11 heteroatoms. The molecule has 0 aliphatic heterocycles. The second-order valence-electron chi connectivity index (χ2n) is 7.22. The highest BCUT2D eigenvalue weighted by Crippen LogP contribution is 2.50. The maximum absolute atomic E-state index is 10.8. The van der Waals surface area contributed by atoms with Crippen LogP contribution in [-0.2, 0) is 29.8 Å². The minimum absolute atomic E-state index is 0.0639. The van der Waals surface area contributed by atoms with Crippen molar-refractivity contribution in [2.45, 2.75) is 51.9 Å². The molecular formula is C15H27BrO8S2. The van der Waals surface area contributed by atoms with E-state index in [1.807, 2.05) is 0 Å². The van der Waals surface area contributed by atoms with Gasteiger partial charge in [0.2, 0.25) is 0 Å². The molecule has 0 bridgehead atoms. The van der Waals surface area contributed by atoms with Crippen molar-refractivity contribution >= 4 is 42.1 Å². The van der Waals surface area contributed by atoms with E-state index in [4.69, 9.17) is 13.8 Å². The Morgan fingerprint density at radius 3 is 1.69 bits per heavy atom. The molecule has 154 valence electrons. The van der Waals surface area contributed by atoms with Gasteiger partial charge in [-0.1, -0.05) is 22.9 Å². The highest BCUT2D eigenvalue weighted by Gasteiger charge is 2.46. The van der Waals surface area contributed by atoms with Crippen molar-refractivity contribution < 1.29 is 35.5 Å². The molecule has 0 amide bonds. The number of alkyl halides is 1. The molecule has 0 heterocycles. The Morgan fingerprint density at radius 1 is 0.962 bits per heavy atom. The van der Waals surface area contributed by atoms with Crippen LogP contribution in [-0.4, -0.2) is 55.4 Å². The van der Waals surface area contributed by atoms with E-state index in [2.05, 4.69) is 15.9 Å². The quantitative estimate of drug-likeness (QED) is 0.277. The number of halogens is 1. The number of ether oxygens (including phenoxy) is 1. The van der Waals surface area contributed by atoms with Crippen LogP contribution in [0.1, 0.15) is 51.9 Å². The summed E-state index contributed by atoms with van der Waals surface area (Å²) in [4.78, 5) is 10.8. The second kappa shape index (κ2) is 9.31. The fourth-order valence-electron chi connectivity index (χ4n) is 2.74. The number of hydrogen-bond acceptors (Lipinski definition) is 6. The summed E-state index contributed by atoms with van der Waals surface area (Å²) in [5.74, 6) is -0.562. The van der Waals surface area contributed by atoms with E-state index in [-0.39, 0.29) is 34.9 Å². The first kappa shape index (κ1) is 23.8. The third kappa shape index (κ3) is 10.2. The summed E-state index contributed by atoms with van der Waals surface area (Å²) in [6, 6.07) is 0. The summed E-state index contributed by atoms with van der Waals surface area (Å²) >= 11 is 3.26. The van der Waals surface area contributed by atoms with Gasteiger partial charge in [0, 0.05) is 11.8 Å². The van der Waals surface area contributed by atoms with Crippen molar-refractivity contribution in [2.75, 3.05) is 23.4 Å². The topological polar surface area (TPSA) is 135 Å². The molecule has 0 saturated heterocycles. The van der Waals surface area contributed by atoms with Crippen LogP contribution in [0.25, 0.3) is 0 Å². The van der Waals surface area contributed by atoms with Gasteiger partial charge in [-0.05, 0) is 49.4 Å². The number of hydrogen-bond donors (Lipinski definition) is 2. The van der Waals surface area contributed by atoms with E-state index < -0.39 is 20.2 Å². The Bertz CT molecular complexity index is 678. The molecule has 0 aromatic rings. The molecule has 2 N–H and O–H groups in total. The van der Waals surface area contributed by atoms with E-state index in [0.29, 0.717) is 12.8 Å². The van der Waals surface area contributed by atoms with Gasteiger partial charge >= 0.3 is 5.97 Å². The van der Waals surface area contributed by atoms with Crippen LogP contribution in [0, 0.1) is 10.8 Å². The Kier molecular flexibility index (Phi) is 8.53. The lowest BCUT2D eigenvalue weighted by Crippen LogP contribution is -2.19. The predicted octanol–water partition coefficient (Wildman–Crippen LogP) is 2.44. The first-order valence-electron chi connectivity index (χ1n) is 8.46. The van der Waals surface area contributed by atoms with Crippen LogP contribution in [0.4, 0.5) is 0 Å². The van der Waals surface area contributed by atoms with E-state index in [1.165, 1.54) is 0 Å². The van der Waals surface area contributed by atoms with Gasteiger partial charge in [-0.3, -0.25) is 13.9 Å². The Morgan fingerprint density at radius 2 is 1.38 bits per heavy atom. The Hall–Kier alpha value is -0.230. The summed E-state index contributed by atoms with van der Waals surface area (Å²) in [6.07, 6.45) is 5.08. The smallest absolute Gasteiger partial charge is 0.305 e. The van der Waals surface area contributed by atoms with E-state index in [9.17, 15) is 21.6 Å². The average Bonchev–Trinajstić information content (AvgIpc) is 3.37. The van der Waals surface area contributed by atoms with Gasteiger partial charge in [0.05, 0.1) is 18.1 Å². The molecule has 26 heavy (non-hydrogen) atoms. The standard InChI is InChI=1S/C9H16O5S.C6H11BrO3S/c1-2-8(10)14-6-5-9(3-4-9)7-15(11,12)13;7-4-3-6(1-2-6)5-11(8,9)10/h2-7H2,1H3,(H,11,12,13);1-5H2,(H,8,9,10). The number of carbonyl (C=O) groups is 1. The van der Waals surface area contributed by atoms with Gasteiger partial charge in [0.15, 0.2) is 0 Å². The van der Waals surface area contributed by atoms with Gasteiger partial charge in [-0.15, -0.1) is 0 Å². The van der Waals surface area contributed by atoms with E-state index in [1.54, 1.807) is 6.92 Å². The van der Waals surface area contributed by atoms with Gasteiger partial charge in [-0.25, -0.2) is 0 Å². The third-order valence-electron chi connectivity index (χ3n) is 4.70. The lowest BCUT2D eigenvalue weighted by molar-refractivity contribution is -0.143. The molecule has 0 aromatic carbocycles. The Balaban J connectivity index is 0.000000273. The summed E-state index contributed by atoms with van der Waals surface area (Å²) < 4.78 is 64.5. The van der Waals surface area contributed by atoms with Crippen molar-refractivity contribution in [2.24, 2.45) is 10.8 Å². The molecule has 2 aliphatic carbocycles. The number of esters is 1. The maximum Gasteiger partial charge on any atom is 0.305 e. The lowest BCUT2D eigenvalue weighted by atomic mass is 10.1. The highest BCUT2D eigenvalue weighted by molar-refractivity contribution is 9.09. The average molecular weight is 479 g/mol. The molecule has 8 nitrogen and oxygen atoms in total. The third-order valence-corrected chi connectivity index (χ3v) is 7.05. The summed E-state index contributed by atoms with van der Waals surface area (Å²) in [5.41, 5.74) is -0.446. The zero-order valence-electron chi connectivity index (χ0n) is 14.8. The predicted molar refractivity (Wildman–Crippen MR) is 100 cm³/mol. The molecule has 2 fully saturated rings. The fourth-order valence-corrected chi connectivity index (χ4v) is 6.00. The Labute approximate surface area is 163 Å². The lowest BCUT2D eigenvalue weighted by Gasteiger charge is -2.12. The first-order chi connectivity index (χ1) is 11.8. The van der Waals surface area contributed by atoms with Crippen LogP contribution in [0.3, 0.4) is 0 Å². The summed E-state index contributed by atoms with van der Waals surface area (Å²) in [6.45, 7) is 1.94. The first-order valence-corrected chi connectivity index (χ1v) is 12.8. The largest absolute Gasteiger partial charge is 0.466 e. The molecule has 0 radical (unpaired) electrons. The van der Waals surface area contributed by atoms with Crippen molar-refractivity contribution in [3.05, 3.63) is 0 Å². The molecule has 0 unspecified atom stereocenters. The van der Waals surface area contributed by atoms with Gasteiger partial charge < -0.3 is 4.74 Å². The van der Waals surface area contributed by atoms with E-state index >= 15 is 0 Å². The molecular weight excluding hydrogens is 452 g/mol. The normalized spacial score (nSPS) is 19.8. The van der Waals surface area contributed by atoms with Crippen LogP contribution < -0.4 is 0 Å². The fraction of sp³-hybridized carbons (Fsp3) is 0.933. The maximum atomic E-state index is 10.8. The van der Waals surface area contributed by atoms with Crippen LogP contribution in [0.5, 0.6) is 0 Å². The molecule has 2 saturated carbocycles. The summed E-state index contributed by atoms with van der Waals surface area (Å²) in [7, 11) is -7.68. The monoisotopic (exact) mass is 478 g/mol. The van der Waals surface area contributed by atoms with Crippen molar-refractivity contribution in [3.63, 3.8) is 0 Å². The molecule has 2 rings (SSSR count). The molecule has 0 spiro atoms. The van der Waals surface area contributed by atoms with Gasteiger partial charge in [0.25, 0.3) is 20.2 Å². The van der Waals surface area contributed by atoms with Crippen molar-refractivity contribution in [1.29, 1.82) is 0 Å². The van der Waals surface area contributed by atoms with Crippen molar-refractivity contribution in [1.82, 2.24) is 0 Å². The van der Waals surface area contributed by atoms with Crippen LogP contribution in [0.15, 0.2) is 0 Å². The molecule has 0 aromatic heterocycles. The minimum Gasteiger partial charge on any atom is -0.466 e. The zero-order valence-corrected chi connectivity index (χ0v) is 18.0. The molecule has 2 aliphatic rings. The summed E-state index contributed by atoms with van der Waals surface area (Å²) in [5, 5.41) is 0.808. The SMILES string of the molecule is CCC(=O)OCCC1(CS(=O)(=O)O)CC1.O=S(=O)(O)CC1(CCBr)CC1. The molecule has 0 atom stereocenters. The van der Waals surface area contributed by atoms with Crippen LogP contribution >= 0.6 is 15.9 Å². The zero-order chi connectivity index (χ0) is 20.1. The minimum atomic E-state index is -3.92. The number of rotatable bonds is 10. The number of carbonyl (C=O) groups excluding carboxylic acids is 1. The van der Waals surface area contributed by atoms with Gasteiger partial charge in [-0.2, -0.15) is 16.8 Å².